The average molecular weight is 436 g/mol. The number of nitrogens with one attached hydrogen (secondary N) is 1. The lowest BCUT2D eigenvalue weighted by molar-refractivity contribution is -0.136. The first-order chi connectivity index (χ1) is 13.9. The van der Waals surface area contributed by atoms with Crippen molar-refractivity contribution in [3.63, 3.8) is 0 Å². The Morgan fingerprint density at radius 3 is 2.47 bits per heavy atom. The Bertz CT molecular complexity index is 828. The molecule has 30 heavy (non-hydrogen) atoms. The summed E-state index contributed by atoms with van der Waals surface area (Å²) in [6.45, 7) is 17.5. The van der Waals surface area contributed by atoms with Crippen LogP contribution in [-0.4, -0.2) is 22.3 Å². The second-order valence-corrected chi connectivity index (χ2v) is 11.5. The molecule has 1 aliphatic carbocycles. The Hall–Kier alpha value is -1.43. The van der Waals surface area contributed by atoms with Crippen molar-refractivity contribution in [2.24, 2.45) is 21.7 Å². The quantitative estimate of drug-likeness (QED) is 0.652. The van der Waals surface area contributed by atoms with E-state index in [9.17, 15) is 9.59 Å². The summed E-state index contributed by atoms with van der Waals surface area (Å²) < 4.78 is 3.03. The van der Waals surface area contributed by atoms with Crippen LogP contribution in [-0.2, 0) is 21.5 Å². The highest BCUT2D eigenvalue weighted by Gasteiger charge is 2.57. The lowest BCUT2D eigenvalue weighted by Gasteiger charge is -2.38. The number of unbranched alkanes of at least 4 members (excludes halogenated alkanes) is 1. The fraction of sp³-hybridized carbons (Fsp3) is 0.792. The van der Waals surface area contributed by atoms with Gasteiger partial charge in [-0.15, -0.1) is 0 Å². The summed E-state index contributed by atoms with van der Waals surface area (Å²) in [4.78, 5) is 30.9. The fourth-order valence-corrected chi connectivity index (χ4v) is 5.30. The topological polar surface area (TPSA) is 63.5 Å². The van der Waals surface area contributed by atoms with Crippen LogP contribution in [0.5, 0.6) is 0 Å². The molecule has 1 aromatic heterocycles. The van der Waals surface area contributed by atoms with E-state index in [1.165, 1.54) is 0 Å². The van der Waals surface area contributed by atoms with Crippen molar-refractivity contribution < 1.29 is 9.59 Å². The normalized spacial score (nSPS) is 24.3. The molecule has 0 aromatic carbocycles. The first-order valence-corrected chi connectivity index (χ1v) is 12.2. The van der Waals surface area contributed by atoms with Crippen LogP contribution >= 0.6 is 11.5 Å². The minimum absolute atomic E-state index is 0.0402. The third-order valence-electron chi connectivity index (χ3n) is 6.96. The molecule has 5 nitrogen and oxygen atoms in total. The van der Waals surface area contributed by atoms with Gasteiger partial charge in [0.2, 0.25) is 5.91 Å². The molecule has 0 saturated heterocycles. The second-order valence-electron chi connectivity index (χ2n) is 10.5. The van der Waals surface area contributed by atoms with Gasteiger partial charge in [0.15, 0.2) is 0 Å². The van der Waals surface area contributed by atoms with E-state index >= 15 is 0 Å². The van der Waals surface area contributed by atoms with Gasteiger partial charge in [0.25, 0.3) is 5.91 Å². The van der Waals surface area contributed by atoms with Crippen molar-refractivity contribution in [3.8, 4) is 0 Å². The van der Waals surface area contributed by atoms with Crippen molar-refractivity contribution in [1.82, 2.24) is 9.27 Å². The van der Waals surface area contributed by atoms with Gasteiger partial charge in [-0.05, 0) is 69.8 Å². The summed E-state index contributed by atoms with van der Waals surface area (Å²) in [5, 5.41) is 3.03. The van der Waals surface area contributed by atoms with Crippen LogP contribution in [0.2, 0.25) is 0 Å². The van der Waals surface area contributed by atoms with Crippen LogP contribution in [0, 0.1) is 16.7 Å². The maximum absolute atomic E-state index is 13.5. The minimum atomic E-state index is -0.639. The molecule has 2 atom stereocenters. The smallest absolute Gasteiger partial charge is 0.253 e. The Kier molecular flexibility index (Phi) is 7.76. The second kappa shape index (κ2) is 9.37. The summed E-state index contributed by atoms with van der Waals surface area (Å²) in [6, 6.07) is 0. The van der Waals surface area contributed by atoms with Crippen molar-refractivity contribution in [3.05, 3.63) is 16.4 Å². The zero-order valence-electron chi connectivity index (χ0n) is 20.2. The lowest BCUT2D eigenvalue weighted by atomic mass is 9.65. The van der Waals surface area contributed by atoms with Crippen LogP contribution in [0.4, 0.5) is 0 Å². The standard InChI is InChI=1S/C24H41N3O2S/c1-9-11-12-17-16-27(22(3,4)5)30-20(17)26-21(29)24(8)14-13-18(23(24,6)7)19(28)25-15-10-2/h16,18H,9-15H2,1-8H3,(H,25,28)/b26-20-/t18-,24+/m0/s1. The van der Waals surface area contributed by atoms with Gasteiger partial charge in [0, 0.05) is 29.8 Å². The first kappa shape index (κ1) is 24.8. The van der Waals surface area contributed by atoms with E-state index in [0.717, 1.165) is 42.3 Å². The highest BCUT2D eigenvalue weighted by atomic mass is 32.1. The van der Waals surface area contributed by atoms with Gasteiger partial charge in [0.05, 0.1) is 5.41 Å². The minimum Gasteiger partial charge on any atom is -0.356 e. The molecule has 1 aliphatic rings. The van der Waals surface area contributed by atoms with Gasteiger partial charge < -0.3 is 5.32 Å². The molecule has 170 valence electrons. The summed E-state index contributed by atoms with van der Waals surface area (Å²) in [5.74, 6) is -0.168. The van der Waals surface area contributed by atoms with E-state index < -0.39 is 10.8 Å². The Labute approximate surface area is 186 Å². The Balaban J connectivity index is 2.39. The summed E-state index contributed by atoms with van der Waals surface area (Å²) in [6.07, 6.45) is 7.63. The van der Waals surface area contributed by atoms with Crippen molar-refractivity contribution in [1.29, 1.82) is 0 Å². The zero-order chi connectivity index (χ0) is 22.7. The number of hydrogen-bond donors (Lipinski definition) is 1. The van der Waals surface area contributed by atoms with Crippen LogP contribution < -0.4 is 9.99 Å². The zero-order valence-corrected chi connectivity index (χ0v) is 21.0. The van der Waals surface area contributed by atoms with Crippen LogP contribution in [0.25, 0.3) is 0 Å². The molecule has 0 radical (unpaired) electrons. The molecular formula is C24H41N3O2S. The first-order valence-electron chi connectivity index (χ1n) is 11.5. The fourth-order valence-electron chi connectivity index (χ4n) is 4.27. The molecule has 1 aromatic rings. The van der Waals surface area contributed by atoms with Crippen LogP contribution in [0.3, 0.4) is 0 Å². The maximum atomic E-state index is 13.5. The molecule has 0 unspecified atom stereocenters. The van der Waals surface area contributed by atoms with Crippen LogP contribution in [0.1, 0.15) is 93.1 Å². The van der Waals surface area contributed by atoms with Gasteiger partial charge >= 0.3 is 0 Å². The van der Waals surface area contributed by atoms with E-state index in [1.54, 1.807) is 11.5 Å². The number of aromatic nitrogens is 1. The monoisotopic (exact) mass is 435 g/mol. The summed E-state index contributed by atoms with van der Waals surface area (Å²) in [7, 11) is 0. The van der Waals surface area contributed by atoms with E-state index in [-0.39, 0.29) is 23.3 Å². The molecule has 6 heteroatoms. The molecule has 0 spiro atoms. The largest absolute Gasteiger partial charge is 0.356 e. The van der Waals surface area contributed by atoms with E-state index in [1.807, 2.05) is 13.8 Å². The van der Waals surface area contributed by atoms with E-state index in [4.69, 9.17) is 0 Å². The summed E-state index contributed by atoms with van der Waals surface area (Å²) >= 11 is 1.57. The third-order valence-corrected chi connectivity index (χ3v) is 8.34. The number of hydrogen-bond acceptors (Lipinski definition) is 3. The van der Waals surface area contributed by atoms with Gasteiger partial charge in [-0.2, -0.15) is 0 Å². The number of carbonyl (C=O) groups is 2. The molecule has 2 rings (SSSR count). The molecular weight excluding hydrogens is 394 g/mol. The number of rotatable bonds is 7. The SMILES string of the molecule is CCCCc1cn(C(C)(C)C)s/c1=N\C(=O)[C@@]1(C)CC[C@@H](C(=O)NCCC)C1(C)C. The van der Waals surface area contributed by atoms with Gasteiger partial charge in [-0.25, -0.2) is 4.99 Å². The molecule has 2 amide bonds. The molecule has 1 N–H and O–H groups in total. The van der Waals surface area contributed by atoms with E-state index in [2.05, 4.69) is 62.0 Å². The predicted octanol–water partition coefficient (Wildman–Crippen LogP) is 5.04. The van der Waals surface area contributed by atoms with Crippen molar-refractivity contribution in [2.45, 2.75) is 99.5 Å². The highest BCUT2D eigenvalue weighted by Crippen LogP contribution is 2.56. The highest BCUT2D eigenvalue weighted by molar-refractivity contribution is 7.04. The van der Waals surface area contributed by atoms with Crippen molar-refractivity contribution in [2.75, 3.05) is 6.54 Å². The Morgan fingerprint density at radius 2 is 1.90 bits per heavy atom. The Morgan fingerprint density at radius 1 is 1.23 bits per heavy atom. The van der Waals surface area contributed by atoms with Gasteiger partial charge in [-0.1, -0.05) is 41.0 Å². The number of amides is 2. The predicted molar refractivity (Wildman–Crippen MR) is 124 cm³/mol. The van der Waals surface area contributed by atoms with Crippen LogP contribution in [0.15, 0.2) is 11.2 Å². The molecule has 1 saturated carbocycles. The third kappa shape index (κ3) is 4.90. The van der Waals surface area contributed by atoms with Crippen molar-refractivity contribution >= 4 is 23.3 Å². The number of carbonyl (C=O) groups excluding carboxylic acids is 2. The van der Waals surface area contributed by atoms with Gasteiger partial charge in [-0.3, -0.25) is 13.5 Å². The molecule has 0 aliphatic heterocycles. The number of nitrogens with zero attached hydrogens (tertiary/aromatic N) is 2. The molecule has 0 bridgehead atoms. The molecule has 1 fully saturated rings. The lowest BCUT2D eigenvalue weighted by Crippen LogP contribution is -2.45. The maximum Gasteiger partial charge on any atom is 0.253 e. The molecule has 1 heterocycles. The van der Waals surface area contributed by atoms with Gasteiger partial charge in [0.1, 0.15) is 4.67 Å². The summed E-state index contributed by atoms with van der Waals surface area (Å²) in [5.41, 5.74) is 0.0368. The number of aryl methyl sites for hydroxylation is 1. The van der Waals surface area contributed by atoms with E-state index in [0.29, 0.717) is 13.0 Å². The average Bonchev–Trinajstić information content (AvgIpc) is 3.17.